The third kappa shape index (κ3) is 0.956. The zero-order valence-corrected chi connectivity index (χ0v) is 6.34. The van der Waals surface area contributed by atoms with Gasteiger partial charge in [0, 0.05) is 12.1 Å². The van der Waals surface area contributed by atoms with Gasteiger partial charge in [-0.2, -0.15) is 0 Å². The van der Waals surface area contributed by atoms with Crippen LogP contribution in [0.1, 0.15) is 25.7 Å². The molecule has 10 heavy (non-hydrogen) atoms. The molecule has 0 amide bonds. The molecule has 0 aromatic carbocycles. The van der Waals surface area contributed by atoms with Crippen molar-refractivity contribution in [3.05, 3.63) is 0 Å². The second-order valence-corrected chi connectivity index (χ2v) is 3.61. The Labute approximate surface area is 62.2 Å². The van der Waals surface area contributed by atoms with Gasteiger partial charge in [0.1, 0.15) is 0 Å². The Hall–Kier alpha value is -0.0800. The first kappa shape index (κ1) is 6.62. The Morgan fingerprint density at radius 2 is 2.10 bits per heavy atom. The van der Waals surface area contributed by atoms with Crippen LogP contribution in [0.25, 0.3) is 0 Å². The van der Waals surface area contributed by atoms with Crippen molar-refractivity contribution >= 4 is 0 Å². The van der Waals surface area contributed by atoms with E-state index in [9.17, 15) is 0 Å². The lowest BCUT2D eigenvalue weighted by molar-refractivity contribution is 0.299. The molecule has 2 fully saturated rings. The molecule has 2 rings (SSSR count). The maximum absolute atomic E-state index is 5.95. The summed E-state index contributed by atoms with van der Waals surface area (Å²) in [5.41, 5.74) is 5.95. The molecule has 1 saturated carbocycles. The number of fused-ring (bicyclic) bond motifs is 1. The number of nitrogens with two attached hydrogens (primary N) is 1. The van der Waals surface area contributed by atoms with Crippen LogP contribution < -0.4 is 11.1 Å². The summed E-state index contributed by atoms with van der Waals surface area (Å²) >= 11 is 0. The van der Waals surface area contributed by atoms with E-state index in [0.717, 1.165) is 12.0 Å². The number of hydrogen-bond acceptors (Lipinski definition) is 2. The summed E-state index contributed by atoms with van der Waals surface area (Å²) in [5.74, 6) is 0.800. The van der Waals surface area contributed by atoms with E-state index in [-0.39, 0.29) is 0 Å². The molecule has 1 saturated heterocycles. The summed E-state index contributed by atoms with van der Waals surface area (Å²) in [7, 11) is 0. The van der Waals surface area contributed by atoms with Gasteiger partial charge in [-0.05, 0) is 38.1 Å². The summed E-state index contributed by atoms with van der Waals surface area (Å²) < 4.78 is 0. The first-order valence-corrected chi connectivity index (χ1v) is 4.37. The SMILES string of the molecule is NC1CC[C@H]2NCCC[C@@H]12. The normalized spacial score (nSPS) is 47.1. The molecule has 58 valence electrons. The molecular formula is C8H16N2. The quantitative estimate of drug-likeness (QED) is 0.513. The van der Waals surface area contributed by atoms with Crippen LogP contribution in [0.5, 0.6) is 0 Å². The third-order valence-electron chi connectivity index (χ3n) is 3.00. The number of piperidine rings is 1. The topological polar surface area (TPSA) is 38.0 Å². The Morgan fingerprint density at radius 1 is 1.20 bits per heavy atom. The first-order chi connectivity index (χ1) is 4.88. The summed E-state index contributed by atoms with van der Waals surface area (Å²) in [4.78, 5) is 0. The average molecular weight is 140 g/mol. The largest absolute Gasteiger partial charge is 0.327 e. The molecule has 0 aromatic heterocycles. The van der Waals surface area contributed by atoms with Gasteiger partial charge >= 0.3 is 0 Å². The van der Waals surface area contributed by atoms with Crippen LogP contribution in [-0.4, -0.2) is 18.6 Å². The van der Waals surface area contributed by atoms with Crippen LogP contribution in [0.2, 0.25) is 0 Å². The summed E-state index contributed by atoms with van der Waals surface area (Å²) in [6, 6.07) is 1.27. The van der Waals surface area contributed by atoms with Gasteiger partial charge in [0.05, 0.1) is 0 Å². The molecule has 0 bridgehead atoms. The molecule has 1 heterocycles. The second-order valence-electron chi connectivity index (χ2n) is 3.61. The van der Waals surface area contributed by atoms with Crippen molar-refractivity contribution < 1.29 is 0 Å². The van der Waals surface area contributed by atoms with Crippen molar-refractivity contribution in [1.29, 1.82) is 0 Å². The van der Waals surface area contributed by atoms with Crippen molar-refractivity contribution in [2.24, 2.45) is 11.7 Å². The molecule has 0 radical (unpaired) electrons. The lowest BCUT2D eigenvalue weighted by Crippen LogP contribution is -2.42. The number of hydrogen-bond donors (Lipinski definition) is 2. The minimum atomic E-state index is 0.498. The molecule has 3 atom stereocenters. The highest BCUT2D eigenvalue weighted by atomic mass is 15.0. The van der Waals surface area contributed by atoms with Crippen LogP contribution in [-0.2, 0) is 0 Å². The molecule has 0 spiro atoms. The van der Waals surface area contributed by atoms with Crippen LogP contribution >= 0.6 is 0 Å². The van der Waals surface area contributed by atoms with E-state index in [4.69, 9.17) is 5.73 Å². The fourth-order valence-corrected chi connectivity index (χ4v) is 2.39. The lowest BCUT2D eigenvalue weighted by Gasteiger charge is -2.28. The Kier molecular flexibility index (Phi) is 1.66. The van der Waals surface area contributed by atoms with Crippen LogP contribution in [0, 0.1) is 5.92 Å². The zero-order chi connectivity index (χ0) is 6.97. The third-order valence-corrected chi connectivity index (χ3v) is 3.00. The summed E-state index contributed by atoms with van der Waals surface area (Å²) in [5, 5.41) is 3.53. The molecular weight excluding hydrogens is 124 g/mol. The molecule has 1 unspecified atom stereocenters. The van der Waals surface area contributed by atoms with Gasteiger partial charge in [-0.25, -0.2) is 0 Å². The van der Waals surface area contributed by atoms with Gasteiger partial charge in [-0.1, -0.05) is 0 Å². The maximum Gasteiger partial charge on any atom is 0.0111 e. The smallest absolute Gasteiger partial charge is 0.0111 e. The standard InChI is InChI=1S/C8H16N2/c9-7-3-4-8-6(7)2-1-5-10-8/h6-8,10H,1-5,9H2/t6-,7?,8+/m0/s1. The Morgan fingerprint density at radius 3 is 2.90 bits per heavy atom. The van der Waals surface area contributed by atoms with Crippen LogP contribution in [0.4, 0.5) is 0 Å². The monoisotopic (exact) mass is 140 g/mol. The van der Waals surface area contributed by atoms with Crippen molar-refractivity contribution in [3.63, 3.8) is 0 Å². The Bertz CT molecular complexity index is 122. The summed E-state index contributed by atoms with van der Waals surface area (Å²) in [6.45, 7) is 1.22. The van der Waals surface area contributed by atoms with E-state index >= 15 is 0 Å². The van der Waals surface area contributed by atoms with Crippen molar-refractivity contribution in [1.82, 2.24) is 5.32 Å². The molecule has 3 N–H and O–H groups in total. The molecule has 2 aliphatic rings. The van der Waals surface area contributed by atoms with E-state index in [1.165, 1.54) is 32.2 Å². The van der Waals surface area contributed by atoms with Gasteiger partial charge in [0.2, 0.25) is 0 Å². The van der Waals surface area contributed by atoms with Crippen molar-refractivity contribution in [3.8, 4) is 0 Å². The van der Waals surface area contributed by atoms with E-state index in [1.54, 1.807) is 0 Å². The highest BCUT2D eigenvalue weighted by molar-refractivity contribution is 4.93. The van der Waals surface area contributed by atoms with E-state index in [1.807, 2.05) is 0 Å². The van der Waals surface area contributed by atoms with Crippen molar-refractivity contribution in [2.75, 3.05) is 6.54 Å². The average Bonchev–Trinajstić information content (AvgIpc) is 2.34. The predicted molar refractivity (Wildman–Crippen MR) is 41.7 cm³/mol. The molecule has 0 aromatic rings. The van der Waals surface area contributed by atoms with Gasteiger partial charge < -0.3 is 11.1 Å². The molecule has 1 aliphatic carbocycles. The lowest BCUT2D eigenvalue weighted by atomic mass is 9.91. The first-order valence-electron chi connectivity index (χ1n) is 4.37. The van der Waals surface area contributed by atoms with Gasteiger partial charge in [-0.3, -0.25) is 0 Å². The minimum absolute atomic E-state index is 0.498. The fourth-order valence-electron chi connectivity index (χ4n) is 2.39. The van der Waals surface area contributed by atoms with Gasteiger partial charge in [0.25, 0.3) is 0 Å². The minimum Gasteiger partial charge on any atom is -0.327 e. The van der Waals surface area contributed by atoms with Gasteiger partial charge in [0.15, 0.2) is 0 Å². The Balaban J connectivity index is 2.01. The summed E-state index contributed by atoms with van der Waals surface area (Å²) in [6.07, 6.45) is 5.24. The highest BCUT2D eigenvalue weighted by Crippen LogP contribution is 2.30. The molecule has 1 aliphatic heterocycles. The maximum atomic E-state index is 5.95. The van der Waals surface area contributed by atoms with E-state index in [0.29, 0.717) is 6.04 Å². The number of rotatable bonds is 0. The zero-order valence-electron chi connectivity index (χ0n) is 6.34. The van der Waals surface area contributed by atoms with E-state index in [2.05, 4.69) is 5.32 Å². The van der Waals surface area contributed by atoms with Crippen molar-refractivity contribution in [2.45, 2.75) is 37.8 Å². The van der Waals surface area contributed by atoms with Crippen LogP contribution in [0.15, 0.2) is 0 Å². The molecule has 2 nitrogen and oxygen atoms in total. The predicted octanol–water partition coefficient (Wildman–Crippen LogP) is 0.476. The van der Waals surface area contributed by atoms with E-state index < -0.39 is 0 Å². The molecule has 2 heteroatoms. The fraction of sp³-hybridized carbons (Fsp3) is 1.00. The van der Waals surface area contributed by atoms with Crippen LogP contribution in [0.3, 0.4) is 0 Å². The highest BCUT2D eigenvalue weighted by Gasteiger charge is 2.34. The second kappa shape index (κ2) is 2.51. The van der Waals surface area contributed by atoms with Gasteiger partial charge in [-0.15, -0.1) is 0 Å². The number of nitrogens with one attached hydrogen (secondary N) is 1.